The Morgan fingerprint density at radius 3 is 2.62 bits per heavy atom. The molecule has 0 amide bonds. The lowest BCUT2D eigenvalue weighted by atomic mass is 10.00. The van der Waals surface area contributed by atoms with Gasteiger partial charge in [0.15, 0.2) is 0 Å². The number of rotatable bonds is 4. The van der Waals surface area contributed by atoms with E-state index in [1.165, 1.54) is 19.1 Å². The van der Waals surface area contributed by atoms with Crippen molar-refractivity contribution in [1.82, 2.24) is 0 Å². The van der Waals surface area contributed by atoms with Crippen LogP contribution in [0, 0.1) is 10.1 Å². The average Bonchev–Trinajstić information content (AvgIpc) is 2.48. The number of non-ortho nitro benzene ring substituents is 1. The van der Waals surface area contributed by atoms with Crippen LogP contribution in [-0.4, -0.2) is 24.3 Å². The molecule has 2 N–H and O–H groups in total. The van der Waals surface area contributed by atoms with Crippen molar-refractivity contribution in [3.8, 4) is 0 Å². The molecule has 8 nitrogen and oxygen atoms in total. The first-order valence-corrected chi connectivity index (χ1v) is 8.27. The van der Waals surface area contributed by atoms with Gasteiger partial charge in [-0.3, -0.25) is 10.1 Å². The molecule has 2 atom stereocenters. The number of nitro groups is 1. The molecule has 1 aromatic rings. The van der Waals surface area contributed by atoms with Gasteiger partial charge in [-0.1, -0.05) is 23.3 Å². The number of hydrogen-bond acceptors (Lipinski definition) is 7. The SMILES string of the molecule is CC1=CC(/N=N/c2ccc([N+](=O)[O-])cc2Cl)(S(=O)(=O)F)C=CC1N. The lowest BCUT2D eigenvalue weighted by Crippen LogP contribution is -2.35. The zero-order valence-electron chi connectivity index (χ0n) is 12.3. The maximum Gasteiger partial charge on any atom is 0.338 e. The molecule has 0 saturated heterocycles. The molecular formula is C13H12ClFN4O4S. The topological polar surface area (TPSA) is 128 Å². The zero-order chi connectivity index (χ0) is 18.1. The highest BCUT2D eigenvalue weighted by molar-refractivity contribution is 7.88. The largest absolute Gasteiger partial charge is 0.338 e. The van der Waals surface area contributed by atoms with Crippen LogP contribution >= 0.6 is 11.6 Å². The van der Waals surface area contributed by atoms with Crippen molar-refractivity contribution in [1.29, 1.82) is 0 Å². The lowest BCUT2D eigenvalue weighted by Gasteiger charge is -2.23. The summed E-state index contributed by atoms with van der Waals surface area (Å²) in [5, 5.41) is 17.7. The van der Waals surface area contributed by atoms with Crippen LogP contribution in [0.1, 0.15) is 6.92 Å². The molecule has 1 aliphatic rings. The van der Waals surface area contributed by atoms with Crippen LogP contribution in [0.4, 0.5) is 15.3 Å². The predicted molar refractivity (Wildman–Crippen MR) is 86.3 cm³/mol. The van der Waals surface area contributed by atoms with Crippen molar-refractivity contribution < 1.29 is 17.2 Å². The number of azo groups is 1. The van der Waals surface area contributed by atoms with Crippen LogP contribution in [0.3, 0.4) is 0 Å². The van der Waals surface area contributed by atoms with E-state index in [-0.39, 0.29) is 16.4 Å². The third-order valence-electron chi connectivity index (χ3n) is 3.35. The van der Waals surface area contributed by atoms with Gasteiger partial charge in [0.25, 0.3) is 5.69 Å². The Hall–Kier alpha value is -2.17. The molecule has 24 heavy (non-hydrogen) atoms. The minimum absolute atomic E-state index is 0.0420. The summed E-state index contributed by atoms with van der Waals surface area (Å²) in [6.07, 6.45) is 3.33. The molecule has 0 heterocycles. The first kappa shape index (κ1) is 18.2. The maximum absolute atomic E-state index is 13.8. The molecular weight excluding hydrogens is 363 g/mol. The zero-order valence-corrected chi connectivity index (χ0v) is 13.8. The van der Waals surface area contributed by atoms with E-state index in [9.17, 15) is 22.4 Å². The first-order chi connectivity index (χ1) is 11.1. The maximum atomic E-state index is 13.8. The quantitative estimate of drug-likeness (QED) is 0.284. The van der Waals surface area contributed by atoms with Crippen LogP contribution < -0.4 is 5.73 Å². The Morgan fingerprint density at radius 1 is 1.46 bits per heavy atom. The number of nitro benzene ring substituents is 1. The Kier molecular flexibility index (Phi) is 4.83. The summed E-state index contributed by atoms with van der Waals surface area (Å²) < 4.78 is 36.8. The van der Waals surface area contributed by atoms with Gasteiger partial charge in [0.2, 0.25) is 4.87 Å². The molecule has 1 aliphatic carbocycles. The van der Waals surface area contributed by atoms with Gasteiger partial charge in [0.1, 0.15) is 5.69 Å². The van der Waals surface area contributed by atoms with Crippen LogP contribution in [0.25, 0.3) is 0 Å². The molecule has 2 unspecified atom stereocenters. The monoisotopic (exact) mass is 374 g/mol. The van der Waals surface area contributed by atoms with Crippen molar-refractivity contribution in [2.24, 2.45) is 16.0 Å². The van der Waals surface area contributed by atoms with Gasteiger partial charge in [0.05, 0.1) is 9.95 Å². The number of benzene rings is 1. The Labute approximate surface area is 141 Å². The van der Waals surface area contributed by atoms with E-state index in [4.69, 9.17) is 17.3 Å². The summed E-state index contributed by atoms with van der Waals surface area (Å²) in [7, 11) is -5.18. The fraction of sp³-hybridized carbons (Fsp3) is 0.231. The van der Waals surface area contributed by atoms with E-state index in [2.05, 4.69) is 10.2 Å². The van der Waals surface area contributed by atoms with Crippen molar-refractivity contribution in [3.05, 3.63) is 57.1 Å². The minimum atomic E-state index is -5.18. The van der Waals surface area contributed by atoms with Gasteiger partial charge < -0.3 is 5.73 Å². The normalized spacial score (nSPS) is 24.2. The van der Waals surface area contributed by atoms with Crippen molar-refractivity contribution in [2.75, 3.05) is 0 Å². The summed E-state index contributed by atoms with van der Waals surface area (Å²) in [5.41, 5.74) is 5.77. The van der Waals surface area contributed by atoms with Crippen LogP contribution in [0.2, 0.25) is 5.02 Å². The average molecular weight is 375 g/mol. The van der Waals surface area contributed by atoms with E-state index in [1.807, 2.05) is 0 Å². The van der Waals surface area contributed by atoms with Crippen molar-refractivity contribution in [2.45, 2.75) is 17.8 Å². The van der Waals surface area contributed by atoms with E-state index in [0.717, 1.165) is 24.3 Å². The second-order valence-electron chi connectivity index (χ2n) is 5.06. The molecule has 0 fully saturated rings. The molecule has 0 bridgehead atoms. The summed E-state index contributed by atoms with van der Waals surface area (Å²) >= 11 is 5.85. The Bertz CT molecular complexity index is 884. The molecule has 0 aliphatic heterocycles. The molecule has 0 spiro atoms. The number of halogens is 2. The van der Waals surface area contributed by atoms with Crippen LogP contribution in [0.15, 0.2) is 52.2 Å². The minimum Gasteiger partial charge on any atom is -0.321 e. The van der Waals surface area contributed by atoms with Gasteiger partial charge in [-0.15, -0.1) is 3.89 Å². The molecule has 0 saturated carbocycles. The van der Waals surface area contributed by atoms with E-state index >= 15 is 0 Å². The van der Waals surface area contributed by atoms with E-state index < -0.39 is 26.1 Å². The van der Waals surface area contributed by atoms with Gasteiger partial charge in [-0.2, -0.15) is 18.6 Å². The molecule has 0 aromatic heterocycles. The lowest BCUT2D eigenvalue weighted by molar-refractivity contribution is -0.384. The van der Waals surface area contributed by atoms with Gasteiger partial charge >= 0.3 is 10.2 Å². The van der Waals surface area contributed by atoms with Crippen molar-refractivity contribution >= 4 is 33.2 Å². The molecule has 1 aromatic carbocycles. The van der Waals surface area contributed by atoms with E-state index in [0.29, 0.717) is 5.57 Å². The van der Waals surface area contributed by atoms with Crippen molar-refractivity contribution in [3.63, 3.8) is 0 Å². The summed E-state index contributed by atoms with van der Waals surface area (Å²) in [6, 6.07) is 2.76. The Balaban J connectivity index is 2.48. The summed E-state index contributed by atoms with van der Waals surface area (Å²) in [6.45, 7) is 1.53. The second-order valence-corrected chi connectivity index (χ2v) is 6.99. The second kappa shape index (κ2) is 6.38. The number of nitrogens with zero attached hydrogens (tertiary/aromatic N) is 3. The van der Waals surface area contributed by atoms with E-state index in [1.54, 1.807) is 0 Å². The fourth-order valence-electron chi connectivity index (χ4n) is 1.95. The molecule has 0 radical (unpaired) electrons. The molecule has 128 valence electrons. The third-order valence-corrected chi connectivity index (χ3v) is 4.77. The fourth-order valence-corrected chi connectivity index (χ4v) is 2.87. The van der Waals surface area contributed by atoms with Gasteiger partial charge in [0, 0.05) is 18.2 Å². The third kappa shape index (κ3) is 3.50. The number of hydrogen-bond donors (Lipinski definition) is 1. The highest BCUT2D eigenvalue weighted by atomic mass is 35.5. The first-order valence-electron chi connectivity index (χ1n) is 6.51. The predicted octanol–water partition coefficient (Wildman–Crippen LogP) is 3.17. The smallest absolute Gasteiger partial charge is 0.321 e. The molecule has 11 heteroatoms. The van der Waals surface area contributed by atoms with Gasteiger partial charge in [-0.25, -0.2) is 0 Å². The number of nitrogens with two attached hydrogens (primary N) is 1. The van der Waals surface area contributed by atoms with Crippen LogP contribution in [0.5, 0.6) is 0 Å². The highest BCUT2D eigenvalue weighted by Gasteiger charge is 2.43. The summed E-state index contributed by atoms with van der Waals surface area (Å²) in [4.78, 5) is 7.65. The molecule has 2 rings (SSSR count). The Morgan fingerprint density at radius 2 is 2.12 bits per heavy atom. The standard InChI is InChI=1S/C13H12ClFN4O4S/c1-8-7-13(24(15,22)23,5-4-11(8)16)18-17-12-3-2-9(19(20)21)6-10(12)14/h2-7,11H,16H2,1H3/b18-17+. The van der Waals surface area contributed by atoms with Gasteiger partial charge in [-0.05, 0) is 25.1 Å². The summed E-state index contributed by atoms with van der Waals surface area (Å²) in [5.74, 6) is 0. The highest BCUT2D eigenvalue weighted by Crippen LogP contribution is 2.35. The van der Waals surface area contributed by atoms with Crippen LogP contribution in [-0.2, 0) is 10.2 Å².